The average Bonchev–Trinajstić information content (AvgIpc) is 3.47. The quantitative estimate of drug-likeness (QED) is 0.632. The first-order valence-corrected chi connectivity index (χ1v) is 10.6. The summed E-state index contributed by atoms with van der Waals surface area (Å²) in [5.74, 6) is -0.662. The van der Waals surface area contributed by atoms with Crippen LogP contribution in [0.1, 0.15) is 73.4 Å². The Bertz CT molecular complexity index is 1170. The van der Waals surface area contributed by atoms with Gasteiger partial charge in [0.25, 0.3) is 17.7 Å². The number of anilines is 1. The lowest BCUT2D eigenvalue weighted by Crippen LogP contribution is -2.32. The topological polar surface area (TPSA) is 92.3 Å². The van der Waals surface area contributed by atoms with E-state index in [4.69, 9.17) is 0 Å². The van der Waals surface area contributed by atoms with Crippen molar-refractivity contribution in [3.05, 3.63) is 75.8 Å². The maximum absolute atomic E-state index is 13.0. The normalized spacial score (nSPS) is 16.5. The molecule has 1 N–H and O–H groups in total. The molecule has 7 nitrogen and oxygen atoms in total. The fourth-order valence-electron chi connectivity index (χ4n) is 3.58. The number of fused-ring (bicyclic) bond motifs is 1. The predicted molar refractivity (Wildman–Crippen MR) is 112 cm³/mol. The molecule has 3 amide bonds. The molecule has 0 bridgehead atoms. The maximum atomic E-state index is 13.0. The van der Waals surface area contributed by atoms with Gasteiger partial charge in [0.15, 0.2) is 0 Å². The smallest absolute Gasteiger partial charge is 0.262 e. The molecule has 0 radical (unpaired) electrons. The lowest BCUT2D eigenvalue weighted by atomic mass is 10.1. The van der Waals surface area contributed by atoms with Crippen LogP contribution < -0.4 is 5.32 Å². The summed E-state index contributed by atoms with van der Waals surface area (Å²) in [5, 5.41) is 12.2. The number of benzene rings is 2. The largest absolute Gasteiger partial charge is 0.296 e. The molecule has 150 valence electrons. The van der Waals surface area contributed by atoms with Crippen LogP contribution in [0.25, 0.3) is 0 Å². The number of carbonyl (C=O) groups is 3. The van der Waals surface area contributed by atoms with Gasteiger partial charge in [0, 0.05) is 11.5 Å². The highest BCUT2D eigenvalue weighted by molar-refractivity contribution is 7.15. The van der Waals surface area contributed by atoms with E-state index >= 15 is 0 Å². The molecule has 2 heterocycles. The molecule has 1 aliphatic heterocycles. The van der Waals surface area contributed by atoms with Gasteiger partial charge < -0.3 is 0 Å². The molecule has 1 aliphatic carbocycles. The van der Waals surface area contributed by atoms with E-state index in [-0.39, 0.29) is 17.4 Å². The predicted octanol–water partition coefficient (Wildman–Crippen LogP) is 4.03. The zero-order chi connectivity index (χ0) is 20.8. The monoisotopic (exact) mass is 418 g/mol. The minimum absolute atomic E-state index is 0.242. The van der Waals surface area contributed by atoms with Crippen LogP contribution in [0.5, 0.6) is 0 Å². The zero-order valence-electron chi connectivity index (χ0n) is 16.2. The number of imide groups is 1. The van der Waals surface area contributed by atoms with Gasteiger partial charge in [0.2, 0.25) is 5.13 Å². The van der Waals surface area contributed by atoms with Crippen LogP contribution in [0.4, 0.5) is 5.13 Å². The highest BCUT2D eigenvalue weighted by Crippen LogP contribution is 2.42. The summed E-state index contributed by atoms with van der Waals surface area (Å²) in [6.45, 7) is 1.82. The van der Waals surface area contributed by atoms with Crippen LogP contribution in [-0.2, 0) is 0 Å². The number of hydrogen-bond acceptors (Lipinski definition) is 6. The van der Waals surface area contributed by atoms with Gasteiger partial charge in [0.05, 0.1) is 17.2 Å². The molecule has 8 heteroatoms. The Morgan fingerprint density at radius 3 is 2.53 bits per heavy atom. The third kappa shape index (κ3) is 3.19. The van der Waals surface area contributed by atoms with E-state index in [1.807, 2.05) is 37.3 Å². The van der Waals surface area contributed by atoms with Gasteiger partial charge in [0.1, 0.15) is 5.01 Å². The summed E-state index contributed by atoms with van der Waals surface area (Å²) in [6, 6.07) is 13.6. The molecule has 1 atom stereocenters. The van der Waals surface area contributed by atoms with Gasteiger partial charge in [-0.25, -0.2) is 0 Å². The Balaban J connectivity index is 1.38. The molecule has 1 unspecified atom stereocenters. The van der Waals surface area contributed by atoms with E-state index in [9.17, 15) is 14.4 Å². The van der Waals surface area contributed by atoms with Crippen molar-refractivity contribution < 1.29 is 14.4 Å². The second-order valence-electron chi connectivity index (χ2n) is 7.50. The third-order valence-corrected chi connectivity index (χ3v) is 6.44. The highest BCUT2D eigenvalue weighted by Gasteiger charge is 2.39. The average molecular weight is 418 g/mol. The summed E-state index contributed by atoms with van der Waals surface area (Å²) >= 11 is 1.37. The van der Waals surface area contributed by atoms with Crippen molar-refractivity contribution in [2.75, 3.05) is 5.32 Å². The molecule has 30 heavy (non-hydrogen) atoms. The lowest BCUT2D eigenvalue weighted by molar-refractivity contribution is 0.0595. The maximum Gasteiger partial charge on any atom is 0.262 e. The fraction of sp³-hybridized carbons (Fsp3) is 0.227. The Kier molecular flexibility index (Phi) is 4.43. The summed E-state index contributed by atoms with van der Waals surface area (Å²) < 4.78 is 0. The van der Waals surface area contributed by atoms with Gasteiger partial charge in [-0.05, 0) is 43.5 Å². The van der Waals surface area contributed by atoms with E-state index in [0.29, 0.717) is 22.2 Å². The van der Waals surface area contributed by atoms with Crippen molar-refractivity contribution in [3.8, 4) is 0 Å². The number of rotatable bonds is 5. The van der Waals surface area contributed by atoms with Crippen LogP contribution in [0.3, 0.4) is 0 Å². The standard InChI is InChI=1S/C22H18N4O3S/c1-12(13-5-3-2-4-6-13)26-20(28)16-10-9-15(11-17(16)21(26)29)18(27)23-22-25-24-19(30-22)14-7-8-14/h2-6,9-12,14H,7-8H2,1H3,(H,23,25,27). The Hall–Kier alpha value is -3.39. The molecule has 2 aromatic carbocycles. The fourth-order valence-corrected chi connectivity index (χ4v) is 4.49. The number of carbonyl (C=O) groups excluding carboxylic acids is 3. The molecule has 1 aromatic heterocycles. The van der Waals surface area contributed by atoms with Gasteiger partial charge in [-0.3, -0.25) is 24.6 Å². The third-order valence-electron chi connectivity index (χ3n) is 5.44. The van der Waals surface area contributed by atoms with Crippen LogP contribution in [0.2, 0.25) is 0 Å². The Morgan fingerprint density at radius 2 is 1.80 bits per heavy atom. The first kappa shape index (κ1) is 18.6. The van der Waals surface area contributed by atoms with E-state index in [0.717, 1.165) is 23.4 Å². The van der Waals surface area contributed by atoms with Crippen molar-refractivity contribution in [1.82, 2.24) is 15.1 Å². The van der Waals surface area contributed by atoms with Crippen LogP contribution >= 0.6 is 11.3 Å². The van der Waals surface area contributed by atoms with Gasteiger partial charge in [-0.2, -0.15) is 0 Å². The molecular weight excluding hydrogens is 400 g/mol. The molecule has 5 rings (SSSR count). The molecular formula is C22H18N4O3S. The molecule has 2 aliphatic rings. The first-order chi connectivity index (χ1) is 14.5. The van der Waals surface area contributed by atoms with Crippen molar-refractivity contribution in [3.63, 3.8) is 0 Å². The van der Waals surface area contributed by atoms with E-state index in [2.05, 4.69) is 15.5 Å². The molecule has 0 spiro atoms. The van der Waals surface area contributed by atoms with Crippen molar-refractivity contribution in [1.29, 1.82) is 0 Å². The SMILES string of the molecule is CC(c1ccccc1)N1C(=O)c2ccc(C(=O)Nc3nnc(C4CC4)s3)cc2C1=O. The van der Waals surface area contributed by atoms with E-state index in [1.165, 1.54) is 28.4 Å². The van der Waals surface area contributed by atoms with E-state index in [1.54, 1.807) is 6.07 Å². The number of nitrogens with one attached hydrogen (secondary N) is 1. The van der Waals surface area contributed by atoms with Gasteiger partial charge >= 0.3 is 0 Å². The van der Waals surface area contributed by atoms with Crippen molar-refractivity contribution in [2.24, 2.45) is 0 Å². The lowest BCUT2D eigenvalue weighted by Gasteiger charge is -2.22. The molecule has 1 saturated carbocycles. The van der Waals surface area contributed by atoms with Gasteiger partial charge in [-0.15, -0.1) is 10.2 Å². The summed E-state index contributed by atoms with van der Waals surface area (Å²) in [6.07, 6.45) is 2.23. The first-order valence-electron chi connectivity index (χ1n) is 9.74. The molecule has 0 saturated heterocycles. The Morgan fingerprint density at radius 1 is 1.07 bits per heavy atom. The second-order valence-corrected chi connectivity index (χ2v) is 8.51. The van der Waals surface area contributed by atoms with Crippen LogP contribution in [-0.4, -0.2) is 32.8 Å². The Labute approximate surface area is 176 Å². The molecule has 1 fully saturated rings. The van der Waals surface area contributed by atoms with Crippen LogP contribution in [0, 0.1) is 0 Å². The minimum Gasteiger partial charge on any atom is -0.296 e. The van der Waals surface area contributed by atoms with Crippen molar-refractivity contribution >= 4 is 34.2 Å². The van der Waals surface area contributed by atoms with Crippen molar-refractivity contribution in [2.45, 2.75) is 31.7 Å². The number of aromatic nitrogens is 2. The molecule has 3 aromatic rings. The summed E-state index contributed by atoms with van der Waals surface area (Å²) in [4.78, 5) is 39.7. The highest BCUT2D eigenvalue weighted by atomic mass is 32.1. The summed E-state index contributed by atoms with van der Waals surface area (Å²) in [5.41, 5.74) is 1.72. The second kappa shape index (κ2) is 7.14. The number of amides is 3. The number of nitrogens with zero attached hydrogens (tertiary/aromatic N) is 3. The zero-order valence-corrected chi connectivity index (χ0v) is 17.0. The van der Waals surface area contributed by atoms with Crippen LogP contribution in [0.15, 0.2) is 48.5 Å². The van der Waals surface area contributed by atoms with E-state index < -0.39 is 11.9 Å². The van der Waals surface area contributed by atoms with Gasteiger partial charge in [-0.1, -0.05) is 41.7 Å². The number of hydrogen-bond donors (Lipinski definition) is 1. The minimum atomic E-state index is -0.405. The summed E-state index contributed by atoms with van der Waals surface area (Å²) in [7, 11) is 0.